The Hall–Kier alpha value is -0.900. The van der Waals surface area contributed by atoms with Crippen LogP contribution < -0.4 is 0 Å². The first-order valence-corrected chi connectivity index (χ1v) is 9.66. The number of hydrogen-bond donors (Lipinski definition) is 2. The number of aliphatic hydroxyl groups excluding tert-OH is 2. The third-order valence-electron chi connectivity index (χ3n) is 3.86. The largest absolute Gasteiger partial charge is 0.394 e. The summed E-state index contributed by atoms with van der Waals surface area (Å²) >= 11 is 0. The van der Waals surface area contributed by atoms with Crippen LogP contribution in [0.25, 0.3) is 0 Å². The van der Waals surface area contributed by atoms with Crippen LogP contribution in [-0.4, -0.2) is 36.1 Å². The van der Waals surface area contributed by atoms with Crippen LogP contribution in [0.5, 0.6) is 0 Å². The molecule has 0 atom stereocenters. The SMILES string of the molecule is CCCC\C=C/C=C/C=C\CCCCCCCCOC(CO)CO. The molecular formula is C21H38O3. The van der Waals surface area contributed by atoms with Crippen LogP contribution in [-0.2, 0) is 4.74 Å². The van der Waals surface area contributed by atoms with Crippen molar-refractivity contribution in [2.45, 2.75) is 77.2 Å². The van der Waals surface area contributed by atoms with E-state index in [-0.39, 0.29) is 13.2 Å². The average Bonchev–Trinajstić information content (AvgIpc) is 2.61. The second kappa shape index (κ2) is 20.1. The summed E-state index contributed by atoms with van der Waals surface area (Å²) in [6.07, 6.45) is 24.6. The molecule has 0 heterocycles. The summed E-state index contributed by atoms with van der Waals surface area (Å²) < 4.78 is 5.34. The first-order chi connectivity index (χ1) is 11.8. The highest BCUT2D eigenvalue weighted by Gasteiger charge is 2.04. The van der Waals surface area contributed by atoms with Gasteiger partial charge in [0, 0.05) is 6.61 Å². The summed E-state index contributed by atoms with van der Waals surface area (Å²) in [4.78, 5) is 0. The van der Waals surface area contributed by atoms with Crippen molar-refractivity contribution in [1.82, 2.24) is 0 Å². The van der Waals surface area contributed by atoms with E-state index in [0.717, 1.165) is 19.3 Å². The fourth-order valence-electron chi connectivity index (χ4n) is 2.28. The maximum Gasteiger partial charge on any atom is 0.104 e. The molecule has 0 saturated heterocycles. The molecule has 0 aliphatic heterocycles. The van der Waals surface area contributed by atoms with Gasteiger partial charge in [-0.1, -0.05) is 81.9 Å². The molecule has 0 unspecified atom stereocenters. The van der Waals surface area contributed by atoms with Crippen molar-refractivity contribution in [1.29, 1.82) is 0 Å². The number of ether oxygens (including phenoxy) is 1. The summed E-state index contributed by atoms with van der Waals surface area (Å²) in [7, 11) is 0. The zero-order valence-corrected chi connectivity index (χ0v) is 15.5. The van der Waals surface area contributed by atoms with Crippen molar-refractivity contribution < 1.29 is 14.9 Å². The van der Waals surface area contributed by atoms with Gasteiger partial charge in [0.15, 0.2) is 0 Å². The van der Waals surface area contributed by atoms with E-state index >= 15 is 0 Å². The maximum absolute atomic E-state index is 8.86. The van der Waals surface area contributed by atoms with Gasteiger partial charge in [-0.15, -0.1) is 0 Å². The van der Waals surface area contributed by atoms with Crippen molar-refractivity contribution in [2.75, 3.05) is 19.8 Å². The molecule has 0 saturated carbocycles. The number of unbranched alkanes of at least 4 members (excludes halogenated alkanes) is 8. The maximum atomic E-state index is 8.86. The molecule has 140 valence electrons. The fraction of sp³-hybridized carbons (Fsp3) is 0.714. The minimum Gasteiger partial charge on any atom is -0.394 e. The number of hydrogen-bond acceptors (Lipinski definition) is 3. The Morgan fingerprint density at radius 3 is 1.83 bits per heavy atom. The van der Waals surface area contributed by atoms with Gasteiger partial charge in [-0.25, -0.2) is 0 Å². The molecule has 0 aromatic carbocycles. The predicted molar refractivity (Wildman–Crippen MR) is 103 cm³/mol. The van der Waals surface area contributed by atoms with Crippen LogP contribution in [0, 0.1) is 0 Å². The molecule has 0 spiro atoms. The fourth-order valence-corrected chi connectivity index (χ4v) is 2.28. The summed E-state index contributed by atoms with van der Waals surface area (Å²) in [5.41, 5.74) is 0. The van der Waals surface area contributed by atoms with Crippen molar-refractivity contribution >= 4 is 0 Å². The van der Waals surface area contributed by atoms with E-state index < -0.39 is 6.10 Å². The topological polar surface area (TPSA) is 49.7 Å². The van der Waals surface area contributed by atoms with Gasteiger partial charge in [-0.05, 0) is 25.7 Å². The van der Waals surface area contributed by atoms with Crippen molar-refractivity contribution in [3.63, 3.8) is 0 Å². The summed E-state index contributed by atoms with van der Waals surface area (Å²) in [6, 6.07) is 0. The zero-order valence-electron chi connectivity index (χ0n) is 15.5. The van der Waals surface area contributed by atoms with Crippen LogP contribution in [0.2, 0.25) is 0 Å². The molecule has 0 fully saturated rings. The normalized spacial score (nSPS) is 12.5. The first kappa shape index (κ1) is 23.1. The second-order valence-electron chi connectivity index (χ2n) is 6.15. The minimum absolute atomic E-state index is 0.103. The van der Waals surface area contributed by atoms with E-state index in [0.29, 0.717) is 6.61 Å². The number of allylic oxidation sites excluding steroid dienone is 6. The third-order valence-corrected chi connectivity index (χ3v) is 3.86. The lowest BCUT2D eigenvalue weighted by Gasteiger charge is -2.11. The zero-order chi connectivity index (χ0) is 17.7. The Morgan fingerprint density at radius 2 is 1.25 bits per heavy atom. The molecule has 0 bridgehead atoms. The Balaban J connectivity index is 3.28. The standard InChI is InChI=1S/C21H38O3/c1-2-3-4-5-6-7-8-9-10-11-12-13-14-15-16-17-18-24-21(19-22)20-23/h5-10,21-23H,2-4,11-20H2,1H3/b6-5-,8-7+,10-9-. The van der Waals surface area contributed by atoms with Gasteiger partial charge in [-0.3, -0.25) is 0 Å². The average molecular weight is 339 g/mol. The van der Waals surface area contributed by atoms with Crippen LogP contribution in [0.15, 0.2) is 36.5 Å². The Kier molecular flexibility index (Phi) is 19.4. The Labute approximate surface area is 149 Å². The van der Waals surface area contributed by atoms with Gasteiger partial charge in [0.05, 0.1) is 13.2 Å². The van der Waals surface area contributed by atoms with Crippen molar-refractivity contribution in [2.24, 2.45) is 0 Å². The van der Waals surface area contributed by atoms with Gasteiger partial charge < -0.3 is 14.9 Å². The molecule has 3 heteroatoms. The monoisotopic (exact) mass is 338 g/mol. The van der Waals surface area contributed by atoms with Gasteiger partial charge in [0.1, 0.15) is 6.10 Å². The summed E-state index contributed by atoms with van der Waals surface area (Å²) in [5, 5.41) is 17.7. The highest BCUT2D eigenvalue weighted by atomic mass is 16.5. The molecule has 0 rings (SSSR count). The lowest BCUT2D eigenvalue weighted by Crippen LogP contribution is -2.22. The van der Waals surface area contributed by atoms with Gasteiger partial charge in [-0.2, -0.15) is 0 Å². The Bertz CT molecular complexity index is 317. The quantitative estimate of drug-likeness (QED) is 0.291. The predicted octanol–water partition coefficient (Wildman–Crippen LogP) is 4.95. The second-order valence-corrected chi connectivity index (χ2v) is 6.15. The molecule has 2 N–H and O–H groups in total. The minimum atomic E-state index is -0.405. The number of rotatable bonds is 17. The molecule has 0 radical (unpaired) electrons. The lowest BCUT2D eigenvalue weighted by atomic mass is 10.1. The highest BCUT2D eigenvalue weighted by Crippen LogP contribution is 2.08. The molecule has 0 amide bonds. The number of aliphatic hydroxyl groups is 2. The molecule has 0 aromatic rings. The molecular weight excluding hydrogens is 300 g/mol. The van der Waals surface area contributed by atoms with Crippen molar-refractivity contribution in [3.8, 4) is 0 Å². The van der Waals surface area contributed by atoms with Crippen LogP contribution >= 0.6 is 0 Å². The van der Waals surface area contributed by atoms with Gasteiger partial charge in [0.25, 0.3) is 0 Å². The lowest BCUT2D eigenvalue weighted by molar-refractivity contribution is -0.0208. The third kappa shape index (κ3) is 17.5. The highest BCUT2D eigenvalue weighted by molar-refractivity contribution is 5.10. The van der Waals surface area contributed by atoms with E-state index in [9.17, 15) is 0 Å². The molecule has 0 aliphatic rings. The summed E-state index contributed by atoms with van der Waals surface area (Å²) in [6.45, 7) is 2.64. The molecule has 0 aromatic heterocycles. The van der Waals surface area contributed by atoms with E-state index in [4.69, 9.17) is 14.9 Å². The Morgan fingerprint density at radius 1 is 0.708 bits per heavy atom. The first-order valence-electron chi connectivity index (χ1n) is 9.66. The van der Waals surface area contributed by atoms with E-state index in [1.165, 1.54) is 44.9 Å². The molecule has 24 heavy (non-hydrogen) atoms. The van der Waals surface area contributed by atoms with Crippen LogP contribution in [0.1, 0.15) is 71.1 Å². The smallest absolute Gasteiger partial charge is 0.104 e. The van der Waals surface area contributed by atoms with Crippen LogP contribution in [0.3, 0.4) is 0 Å². The van der Waals surface area contributed by atoms with E-state index in [2.05, 4.69) is 43.4 Å². The van der Waals surface area contributed by atoms with Gasteiger partial charge in [0.2, 0.25) is 0 Å². The summed E-state index contributed by atoms with van der Waals surface area (Å²) in [5.74, 6) is 0. The van der Waals surface area contributed by atoms with Crippen LogP contribution in [0.4, 0.5) is 0 Å². The van der Waals surface area contributed by atoms with Crippen molar-refractivity contribution in [3.05, 3.63) is 36.5 Å². The molecule has 0 aliphatic carbocycles. The van der Waals surface area contributed by atoms with E-state index in [1.807, 2.05) is 0 Å². The van der Waals surface area contributed by atoms with Gasteiger partial charge >= 0.3 is 0 Å². The van der Waals surface area contributed by atoms with E-state index in [1.54, 1.807) is 0 Å². The molecule has 3 nitrogen and oxygen atoms in total.